The Bertz CT molecular complexity index is 1450. The molecule has 2 heterocycles. The summed E-state index contributed by atoms with van der Waals surface area (Å²) in [6.45, 7) is 2.92. The SMILES string of the molecule is CCn1c(=O)c2c(-c3ccccc3F)c(NCc3ccccc3)oc2c2ccccc21. The molecule has 0 aliphatic heterocycles. The van der Waals surface area contributed by atoms with E-state index >= 15 is 0 Å². The average Bonchev–Trinajstić information content (AvgIpc) is 3.19. The first kappa shape index (κ1) is 19.1. The molecular weight excluding hydrogens is 391 g/mol. The molecule has 0 atom stereocenters. The minimum absolute atomic E-state index is 0.189. The van der Waals surface area contributed by atoms with Crippen LogP contribution in [0.4, 0.5) is 10.3 Å². The maximum atomic E-state index is 14.9. The Kier molecular flexibility index (Phi) is 4.79. The fourth-order valence-corrected chi connectivity index (χ4v) is 4.11. The van der Waals surface area contributed by atoms with Gasteiger partial charge in [0.15, 0.2) is 5.58 Å². The lowest BCUT2D eigenvalue weighted by Gasteiger charge is -2.09. The van der Waals surface area contributed by atoms with Crippen LogP contribution in [0.25, 0.3) is 33.0 Å². The zero-order valence-corrected chi connectivity index (χ0v) is 17.1. The lowest BCUT2D eigenvalue weighted by Crippen LogP contribution is -2.19. The van der Waals surface area contributed by atoms with E-state index in [4.69, 9.17) is 4.42 Å². The van der Waals surface area contributed by atoms with Gasteiger partial charge in [-0.1, -0.05) is 60.7 Å². The number of rotatable bonds is 5. The molecule has 0 radical (unpaired) electrons. The zero-order valence-electron chi connectivity index (χ0n) is 17.1. The number of aryl methyl sites for hydroxylation is 1. The fourth-order valence-electron chi connectivity index (χ4n) is 4.11. The van der Waals surface area contributed by atoms with Crippen LogP contribution >= 0.6 is 0 Å². The number of hydrogen-bond acceptors (Lipinski definition) is 3. The molecule has 2 aromatic heterocycles. The van der Waals surface area contributed by atoms with Gasteiger partial charge in [0.1, 0.15) is 5.82 Å². The second-order valence-electron chi connectivity index (χ2n) is 7.40. The predicted octanol–water partition coefficient (Wildman–Crippen LogP) is 6.19. The minimum Gasteiger partial charge on any atom is -0.439 e. The smallest absolute Gasteiger partial charge is 0.262 e. The maximum Gasteiger partial charge on any atom is 0.262 e. The number of halogens is 1. The molecule has 0 saturated heterocycles. The molecule has 3 aromatic carbocycles. The van der Waals surface area contributed by atoms with Crippen molar-refractivity contribution in [3.63, 3.8) is 0 Å². The molecule has 0 saturated carbocycles. The number of benzene rings is 3. The van der Waals surface area contributed by atoms with Gasteiger partial charge in [0, 0.05) is 24.0 Å². The van der Waals surface area contributed by atoms with Crippen molar-refractivity contribution in [1.29, 1.82) is 0 Å². The normalized spacial score (nSPS) is 11.3. The van der Waals surface area contributed by atoms with Crippen molar-refractivity contribution in [3.8, 4) is 11.1 Å². The molecule has 0 aliphatic rings. The molecule has 5 rings (SSSR count). The van der Waals surface area contributed by atoms with E-state index in [0.717, 1.165) is 16.5 Å². The Morgan fingerprint density at radius 2 is 1.65 bits per heavy atom. The van der Waals surface area contributed by atoms with E-state index in [-0.39, 0.29) is 5.56 Å². The van der Waals surface area contributed by atoms with Gasteiger partial charge < -0.3 is 14.3 Å². The quantitative estimate of drug-likeness (QED) is 0.375. The highest BCUT2D eigenvalue weighted by atomic mass is 19.1. The second-order valence-corrected chi connectivity index (χ2v) is 7.40. The van der Waals surface area contributed by atoms with Crippen molar-refractivity contribution in [2.75, 3.05) is 5.32 Å². The second kappa shape index (κ2) is 7.76. The van der Waals surface area contributed by atoms with Crippen molar-refractivity contribution in [1.82, 2.24) is 4.57 Å². The first-order valence-electron chi connectivity index (χ1n) is 10.3. The Morgan fingerprint density at radius 1 is 0.935 bits per heavy atom. The van der Waals surface area contributed by atoms with Crippen LogP contribution in [0.3, 0.4) is 0 Å². The van der Waals surface area contributed by atoms with Crippen LogP contribution in [0.1, 0.15) is 12.5 Å². The molecule has 5 heteroatoms. The highest BCUT2D eigenvalue weighted by Gasteiger charge is 2.24. The van der Waals surface area contributed by atoms with E-state index < -0.39 is 5.82 Å². The summed E-state index contributed by atoms with van der Waals surface area (Å²) in [5, 5.41) is 4.51. The van der Waals surface area contributed by atoms with E-state index in [9.17, 15) is 9.18 Å². The number of fused-ring (bicyclic) bond motifs is 3. The number of nitrogens with one attached hydrogen (secondary N) is 1. The summed E-state index contributed by atoms with van der Waals surface area (Å²) in [7, 11) is 0. The molecule has 5 aromatic rings. The third-order valence-corrected chi connectivity index (χ3v) is 5.56. The summed E-state index contributed by atoms with van der Waals surface area (Å²) in [5.41, 5.74) is 2.93. The van der Waals surface area contributed by atoms with Crippen molar-refractivity contribution >= 4 is 27.8 Å². The fraction of sp³-hybridized carbons (Fsp3) is 0.115. The number of para-hydroxylation sites is 1. The number of hydrogen-bond donors (Lipinski definition) is 1. The number of pyridine rings is 1. The highest BCUT2D eigenvalue weighted by molar-refractivity contribution is 6.10. The number of aromatic nitrogens is 1. The molecule has 0 spiro atoms. The monoisotopic (exact) mass is 412 g/mol. The summed E-state index contributed by atoms with van der Waals surface area (Å²) in [5.74, 6) is -0.0105. The van der Waals surface area contributed by atoms with Gasteiger partial charge in [-0.05, 0) is 30.7 Å². The van der Waals surface area contributed by atoms with Gasteiger partial charge in [0.05, 0.1) is 16.5 Å². The molecule has 0 amide bonds. The molecule has 0 bridgehead atoms. The van der Waals surface area contributed by atoms with Gasteiger partial charge in [0.2, 0.25) is 5.88 Å². The van der Waals surface area contributed by atoms with E-state index in [1.54, 1.807) is 22.8 Å². The number of anilines is 1. The van der Waals surface area contributed by atoms with E-state index in [1.165, 1.54) is 6.07 Å². The molecular formula is C26H21FN2O2. The third-order valence-electron chi connectivity index (χ3n) is 5.56. The summed E-state index contributed by atoms with van der Waals surface area (Å²) >= 11 is 0. The average molecular weight is 412 g/mol. The van der Waals surface area contributed by atoms with Crippen LogP contribution < -0.4 is 10.9 Å². The molecule has 4 nitrogen and oxygen atoms in total. The van der Waals surface area contributed by atoms with Crippen molar-refractivity contribution in [3.05, 3.63) is 101 Å². The Morgan fingerprint density at radius 3 is 2.42 bits per heavy atom. The number of nitrogens with zero attached hydrogens (tertiary/aromatic N) is 1. The summed E-state index contributed by atoms with van der Waals surface area (Å²) in [6.07, 6.45) is 0. The van der Waals surface area contributed by atoms with Gasteiger partial charge in [0.25, 0.3) is 5.56 Å². The summed E-state index contributed by atoms with van der Waals surface area (Å²) in [6, 6.07) is 24.0. The third kappa shape index (κ3) is 3.19. The summed E-state index contributed by atoms with van der Waals surface area (Å²) < 4.78 is 22.8. The van der Waals surface area contributed by atoms with Crippen LogP contribution in [0.5, 0.6) is 0 Å². The predicted molar refractivity (Wildman–Crippen MR) is 123 cm³/mol. The van der Waals surface area contributed by atoms with Gasteiger partial charge in [-0.3, -0.25) is 4.79 Å². The molecule has 1 N–H and O–H groups in total. The largest absolute Gasteiger partial charge is 0.439 e. The Labute approximate surface area is 178 Å². The Hall–Kier alpha value is -3.86. The maximum absolute atomic E-state index is 14.9. The topological polar surface area (TPSA) is 47.2 Å². The summed E-state index contributed by atoms with van der Waals surface area (Å²) in [4.78, 5) is 13.5. The van der Waals surface area contributed by atoms with Gasteiger partial charge >= 0.3 is 0 Å². The first-order chi connectivity index (χ1) is 15.2. The van der Waals surface area contributed by atoms with Crippen LogP contribution in [0.15, 0.2) is 88.1 Å². The van der Waals surface area contributed by atoms with Crippen molar-refractivity contribution in [2.45, 2.75) is 20.0 Å². The van der Waals surface area contributed by atoms with E-state index in [2.05, 4.69) is 5.32 Å². The molecule has 31 heavy (non-hydrogen) atoms. The molecule has 0 aliphatic carbocycles. The van der Waals surface area contributed by atoms with E-state index in [1.807, 2.05) is 61.5 Å². The van der Waals surface area contributed by atoms with Crippen molar-refractivity contribution < 1.29 is 8.81 Å². The molecule has 0 fully saturated rings. The standard InChI is InChI=1S/C26H21FN2O2/c1-2-29-21-15-9-7-13-19(21)24-23(26(29)30)22(18-12-6-8-14-20(18)27)25(31-24)28-16-17-10-4-3-5-11-17/h3-15,28H,2,16H2,1H3. The zero-order chi connectivity index (χ0) is 21.4. The lowest BCUT2D eigenvalue weighted by atomic mass is 10.0. The van der Waals surface area contributed by atoms with Gasteiger partial charge in [-0.15, -0.1) is 0 Å². The van der Waals surface area contributed by atoms with Crippen molar-refractivity contribution in [2.24, 2.45) is 0 Å². The van der Waals surface area contributed by atoms with Gasteiger partial charge in [-0.25, -0.2) is 4.39 Å². The molecule has 0 unspecified atom stereocenters. The van der Waals surface area contributed by atoms with Crippen LogP contribution in [0, 0.1) is 5.82 Å². The minimum atomic E-state index is -0.399. The van der Waals surface area contributed by atoms with Crippen LogP contribution in [-0.2, 0) is 13.1 Å². The highest BCUT2D eigenvalue weighted by Crippen LogP contribution is 2.40. The van der Waals surface area contributed by atoms with E-state index in [0.29, 0.717) is 41.1 Å². The van der Waals surface area contributed by atoms with Crippen LogP contribution in [-0.4, -0.2) is 4.57 Å². The number of furan rings is 1. The first-order valence-corrected chi connectivity index (χ1v) is 10.3. The van der Waals surface area contributed by atoms with Gasteiger partial charge in [-0.2, -0.15) is 0 Å². The van der Waals surface area contributed by atoms with Crippen LogP contribution in [0.2, 0.25) is 0 Å². The lowest BCUT2D eigenvalue weighted by molar-refractivity contribution is 0.622. The molecule has 154 valence electrons. The Balaban J connectivity index is 1.82.